The highest BCUT2D eigenvalue weighted by atomic mass is 35.5. The minimum absolute atomic E-state index is 0.795. The Morgan fingerprint density at radius 1 is 1.13 bits per heavy atom. The van der Waals surface area contributed by atoms with Crippen molar-refractivity contribution in [3.8, 4) is 0 Å². The molecule has 0 bridgehead atoms. The number of rotatable bonds is 3. The molecular formula is C14H17Cl. The van der Waals surface area contributed by atoms with Gasteiger partial charge in [-0.2, -0.15) is 0 Å². The summed E-state index contributed by atoms with van der Waals surface area (Å²) in [5, 5.41) is 0.795. The number of hydrogen-bond acceptors (Lipinski definition) is 0. The Balaban J connectivity index is 2.58. The van der Waals surface area contributed by atoms with Crippen molar-refractivity contribution in [2.45, 2.75) is 27.2 Å². The van der Waals surface area contributed by atoms with E-state index in [4.69, 9.17) is 11.6 Å². The van der Waals surface area contributed by atoms with Crippen LogP contribution in [0.25, 0.3) is 0 Å². The molecule has 0 aliphatic rings. The third-order valence-electron chi connectivity index (χ3n) is 2.42. The summed E-state index contributed by atoms with van der Waals surface area (Å²) < 4.78 is 0. The minimum Gasteiger partial charge on any atom is -0.0843 e. The van der Waals surface area contributed by atoms with Gasteiger partial charge in [0, 0.05) is 5.02 Å². The van der Waals surface area contributed by atoms with Crippen molar-refractivity contribution in [1.82, 2.24) is 0 Å². The summed E-state index contributed by atoms with van der Waals surface area (Å²) in [7, 11) is 0. The lowest BCUT2D eigenvalue weighted by Crippen LogP contribution is -1.80. The number of halogens is 1. The van der Waals surface area contributed by atoms with Crippen molar-refractivity contribution in [3.05, 3.63) is 58.1 Å². The van der Waals surface area contributed by atoms with Gasteiger partial charge >= 0.3 is 0 Å². The summed E-state index contributed by atoms with van der Waals surface area (Å²) in [6.45, 7) is 6.39. The van der Waals surface area contributed by atoms with Gasteiger partial charge in [0.1, 0.15) is 0 Å². The highest BCUT2D eigenvalue weighted by molar-refractivity contribution is 6.30. The molecule has 1 rings (SSSR count). The monoisotopic (exact) mass is 220 g/mol. The summed E-state index contributed by atoms with van der Waals surface area (Å²) in [4.78, 5) is 0. The largest absolute Gasteiger partial charge is 0.0843 e. The van der Waals surface area contributed by atoms with Crippen LogP contribution in [0.3, 0.4) is 0 Å². The maximum Gasteiger partial charge on any atom is 0.0406 e. The Morgan fingerprint density at radius 3 is 2.27 bits per heavy atom. The summed E-state index contributed by atoms with van der Waals surface area (Å²) in [6.07, 6.45) is 5.32. The topological polar surface area (TPSA) is 0 Å². The van der Waals surface area contributed by atoms with Crippen LogP contribution in [0.5, 0.6) is 0 Å². The van der Waals surface area contributed by atoms with Gasteiger partial charge in [0.2, 0.25) is 0 Å². The first-order valence-electron chi connectivity index (χ1n) is 5.14. The Labute approximate surface area is 97.3 Å². The lowest BCUT2D eigenvalue weighted by Gasteiger charge is -1.97. The van der Waals surface area contributed by atoms with Gasteiger partial charge in [-0.25, -0.2) is 0 Å². The summed E-state index contributed by atoms with van der Waals surface area (Å²) >= 11 is 5.81. The van der Waals surface area contributed by atoms with Crippen LogP contribution in [0.15, 0.2) is 47.6 Å². The zero-order valence-electron chi connectivity index (χ0n) is 9.55. The first kappa shape index (κ1) is 12.1. The van der Waals surface area contributed by atoms with Gasteiger partial charge in [0.25, 0.3) is 0 Å². The van der Waals surface area contributed by atoms with E-state index in [1.54, 1.807) is 0 Å². The van der Waals surface area contributed by atoms with E-state index >= 15 is 0 Å². The standard InChI is InChI=1S/C14H17Cl/c1-11(2)12(3)5-4-6-13-7-9-14(15)10-8-13/h4-5,7-10H,6H2,1-3H3/b5-4+. The van der Waals surface area contributed by atoms with Crippen LogP contribution in [0.4, 0.5) is 0 Å². The van der Waals surface area contributed by atoms with E-state index in [1.807, 2.05) is 12.1 Å². The quantitative estimate of drug-likeness (QED) is 0.643. The van der Waals surface area contributed by atoms with E-state index < -0.39 is 0 Å². The Bertz CT molecular complexity index is 365. The van der Waals surface area contributed by atoms with Crippen molar-refractivity contribution in [3.63, 3.8) is 0 Å². The molecule has 0 N–H and O–H groups in total. The second kappa shape index (κ2) is 5.77. The molecule has 0 amide bonds. The van der Waals surface area contributed by atoms with Gasteiger partial charge in [0.15, 0.2) is 0 Å². The number of benzene rings is 1. The molecule has 0 fully saturated rings. The second-order valence-electron chi connectivity index (χ2n) is 3.92. The van der Waals surface area contributed by atoms with Crippen molar-refractivity contribution < 1.29 is 0 Å². The molecule has 1 heteroatoms. The molecule has 1 aromatic rings. The molecule has 0 unspecified atom stereocenters. The molecule has 0 aliphatic carbocycles. The molecule has 0 aliphatic heterocycles. The van der Waals surface area contributed by atoms with Crippen LogP contribution in [-0.4, -0.2) is 0 Å². The fourth-order valence-electron chi connectivity index (χ4n) is 1.16. The third-order valence-corrected chi connectivity index (χ3v) is 2.68. The molecule has 80 valence electrons. The first-order chi connectivity index (χ1) is 7.09. The highest BCUT2D eigenvalue weighted by Gasteiger charge is 1.90. The lowest BCUT2D eigenvalue weighted by molar-refractivity contribution is 1.24. The zero-order valence-corrected chi connectivity index (χ0v) is 10.3. The molecule has 0 radical (unpaired) electrons. The van der Waals surface area contributed by atoms with E-state index in [0.717, 1.165) is 11.4 Å². The predicted octanol–water partition coefficient (Wildman–Crippen LogP) is 4.80. The van der Waals surface area contributed by atoms with Crippen molar-refractivity contribution >= 4 is 11.6 Å². The zero-order chi connectivity index (χ0) is 11.3. The van der Waals surface area contributed by atoms with E-state index in [1.165, 1.54) is 16.7 Å². The Hall–Kier alpha value is -1.01. The fraction of sp³-hybridized carbons (Fsp3) is 0.286. The fourth-order valence-corrected chi connectivity index (χ4v) is 1.28. The summed E-state index contributed by atoms with van der Waals surface area (Å²) in [5.41, 5.74) is 3.99. The van der Waals surface area contributed by atoms with E-state index in [2.05, 4.69) is 45.1 Å². The van der Waals surface area contributed by atoms with Crippen LogP contribution in [0, 0.1) is 0 Å². The van der Waals surface area contributed by atoms with Gasteiger partial charge in [-0.05, 0) is 44.9 Å². The molecule has 15 heavy (non-hydrogen) atoms. The molecule has 1 aromatic carbocycles. The van der Waals surface area contributed by atoms with Crippen molar-refractivity contribution in [2.75, 3.05) is 0 Å². The Morgan fingerprint density at radius 2 is 1.73 bits per heavy atom. The smallest absolute Gasteiger partial charge is 0.0406 e. The molecule has 0 heterocycles. The first-order valence-corrected chi connectivity index (χ1v) is 5.52. The lowest BCUT2D eigenvalue weighted by atomic mass is 10.1. The van der Waals surface area contributed by atoms with E-state index in [0.29, 0.717) is 0 Å². The molecule has 0 nitrogen and oxygen atoms in total. The Kier molecular flexibility index (Phi) is 4.64. The van der Waals surface area contributed by atoms with Crippen LogP contribution in [0.2, 0.25) is 5.02 Å². The van der Waals surface area contributed by atoms with Crippen LogP contribution >= 0.6 is 11.6 Å². The van der Waals surface area contributed by atoms with Crippen LogP contribution < -0.4 is 0 Å². The number of allylic oxidation sites excluding steroid dienone is 4. The molecular weight excluding hydrogens is 204 g/mol. The summed E-state index contributed by atoms with van der Waals surface area (Å²) in [6, 6.07) is 7.98. The molecule has 0 saturated heterocycles. The normalized spacial score (nSPS) is 10.7. The molecule has 0 saturated carbocycles. The molecule has 0 spiro atoms. The number of hydrogen-bond donors (Lipinski definition) is 0. The van der Waals surface area contributed by atoms with Crippen LogP contribution in [-0.2, 0) is 6.42 Å². The SMILES string of the molecule is CC(C)=C(C)/C=C/Cc1ccc(Cl)cc1. The highest BCUT2D eigenvalue weighted by Crippen LogP contribution is 2.11. The van der Waals surface area contributed by atoms with Crippen molar-refractivity contribution in [2.24, 2.45) is 0 Å². The van der Waals surface area contributed by atoms with Crippen LogP contribution in [0.1, 0.15) is 26.3 Å². The van der Waals surface area contributed by atoms with Gasteiger partial charge in [0.05, 0.1) is 0 Å². The molecule has 0 aromatic heterocycles. The van der Waals surface area contributed by atoms with E-state index in [9.17, 15) is 0 Å². The van der Waals surface area contributed by atoms with Crippen molar-refractivity contribution in [1.29, 1.82) is 0 Å². The maximum atomic E-state index is 5.81. The maximum absolute atomic E-state index is 5.81. The summed E-state index contributed by atoms with van der Waals surface area (Å²) in [5.74, 6) is 0. The third kappa shape index (κ3) is 4.35. The van der Waals surface area contributed by atoms with Gasteiger partial charge in [-0.15, -0.1) is 0 Å². The second-order valence-corrected chi connectivity index (χ2v) is 4.35. The predicted molar refractivity (Wildman–Crippen MR) is 68.3 cm³/mol. The van der Waals surface area contributed by atoms with E-state index in [-0.39, 0.29) is 0 Å². The average molecular weight is 221 g/mol. The van der Waals surface area contributed by atoms with Gasteiger partial charge < -0.3 is 0 Å². The van der Waals surface area contributed by atoms with Gasteiger partial charge in [-0.3, -0.25) is 0 Å². The molecule has 0 atom stereocenters. The minimum atomic E-state index is 0.795. The average Bonchev–Trinajstić information content (AvgIpc) is 2.20. The van der Waals surface area contributed by atoms with Gasteiger partial charge in [-0.1, -0.05) is 47.0 Å².